The number of hydrogen-bond acceptors (Lipinski definition) is 4. The van der Waals surface area contributed by atoms with Gasteiger partial charge < -0.3 is 15.5 Å². The Morgan fingerprint density at radius 2 is 1.78 bits per heavy atom. The van der Waals surface area contributed by atoms with E-state index in [0.717, 1.165) is 25.7 Å². The van der Waals surface area contributed by atoms with Crippen LogP contribution in [0.15, 0.2) is 10.7 Å². The number of carbonyl (C=O) groups excluding carboxylic acids is 1. The molecular formula is C18H33N3O2. The fourth-order valence-corrected chi connectivity index (χ4v) is 2.55. The van der Waals surface area contributed by atoms with E-state index < -0.39 is 0 Å². The van der Waals surface area contributed by atoms with Crippen LogP contribution >= 0.6 is 0 Å². The standard InChI is InChI=1S/C18H33N3O2/c1-3-5-6-7-8-9-10-11-13-20-17(22)16-14-23-18(21-16)15(19)12-4-2/h14-15H,3-13,19H2,1-2H3,(H,20,22). The first-order valence-corrected chi connectivity index (χ1v) is 9.18. The zero-order chi connectivity index (χ0) is 16.9. The van der Waals surface area contributed by atoms with Crippen molar-refractivity contribution in [2.75, 3.05) is 6.54 Å². The van der Waals surface area contributed by atoms with Crippen molar-refractivity contribution >= 4 is 5.91 Å². The van der Waals surface area contributed by atoms with Gasteiger partial charge in [-0.25, -0.2) is 4.98 Å². The average Bonchev–Trinajstić information content (AvgIpc) is 3.03. The van der Waals surface area contributed by atoms with Gasteiger partial charge in [-0.05, 0) is 12.8 Å². The average molecular weight is 323 g/mol. The van der Waals surface area contributed by atoms with E-state index in [4.69, 9.17) is 10.2 Å². The van der Waals surface area contributed by atoms with Gasteiger partial charge in [0.25, 0.3) is 5.91 Å². The number of nitrogens with one attached hydrogen (secondary N) is 1. The van der Waals surface area contributed by atoms with E-state index in [9.17, 15) is 4.79 Å². The predicted octanol–water partition coefficient (Wildman–Crippen LogP) is 4.35. The number of unbranched alkanes of at least 4 members (excludes halogenated alkanes) is 7. The first kappa shape index (κ1) is 19.7. The molecule has 1 aromatic rings. The molecule has 1 rings (SSSR count). The van der Waals surface area contributed by atoms with Gasteiger partial charge in [-0.2, -0.15) is 0 Å². The minimum Gasteiger partial charge on any atom is -0.446 e. The topological polar surface area (TPSA) is 81.2 Å². The Morgan fingerprint density at radius 3 is 2.43 bits per heavy atom. The second-order valence-corrected chi connectivity index (χ2v) is 6.20. The molecule has 3 N–H and O–H groups in total. The molecule has 0 aliphatic carbocycles. The summed E-state index contributed by atoms with van der Waals surface area (Å²) >= 11 is 0. The van der Waals surface area contributed by atoms with Crippen molar-refractivity contribution in [3.63, 3.8) is 0 Å². The molecule has 5 nitrogen and oxygen atoms in total. The summed E-state index contributed by atoms with van der Waals surface area (Å²) in [6.07, 6.45) is 13.2. The Bertz CT molecular complexity index is 432. The molecule has 0 aromatic carbocycles. The zero-order valence-electron chi connectivity index (χ0n) is 14.8. The fraction of sp³-hybridized carbons (Fsp3) is 0.778. The molecule has 0 fully saturated rings. The monoisotopic (exact) mass is 323 g/mol. The lowest BCUT2D eigenvalue weighted by Crippen LogP contribution is -2.25. The molecule has 0 aliphatic heterocycles. The van der Waals surface area contributed by atoms with Gasteiger partial charge in [0.1, 0.15) is 6.26 Å². The highest BCUT2D eigenvalue weighted by atomic mass is 16.3. The molecule has 23 heavy (non-hydrogen) atoms. The maximum absolute atomic E-state index is 12.0. The Balaban J connectivity index is 2.12. The lowest BCUT2D eigenvalue weighted by atomic mass is 10.1. The molecule has 1 heterocycles. The Labute approximate surface area is 140 Å². The van der Waals surface area contributed by atoms with Crippen molar-refractivity contribution in [2.45, 2.75) is 84.1 Å². The first-order valence-electron chi connectivity index (χ1n) is 9.18. The summed E-state index contributed by atoms with van der Waals surface area (Å²) in [5, 5.41) is 2.89. The highest BCUT2D eigenvalue weighted by Crippen LogP contribution is 2.15. The van der Waals surface area contributed by atoms with Crippen LogP contribution in [0.4, 0.5) is 0 Å². The van der Waals surface area contributed by atoms with Crippen molar-refractivity contribution < 1.29 is 9.21 Å². The SMILES string of the molecule is CCCCCCCCCCNC(=O)c1coc(C(N)CCC)n1. The number of rotatable bonds is 13. The summed E-state index contributed by atoms with van der Waals surface area (Å²) in [4.78, 5) is 16.2. The smallest absolute Gasteiger partial charge is 0.273 e. The fourth-order valence-electron chi connectivity index (χ4n) is 2.55. The minimum absolute atomic E-state index is 0.174. The second kappa shape index (κ2) is 12.1. The molecule has 132 valence electrons. The number of hydrogen-bond donors (Lipinski definition) is 2. The third-order valence-corrected chi connectivity index (χ3v) is 3.99. The van der Waals surface area contributed by atoms with Crippen LogP contribution in [0, 0.1) is 0 Å². The van der Waals surface area contributed by atoms with Crippen LogP contribution in [0.5, 0.6) is 0 Å². The Morgan fingerprint density at radius 1 is 1.13 bits per heavy atom. The molecule has 5 heteroatoms. The maximum atomic E-state index is 12.0. The molecule has 0 bridgehead atoms. The Kier molecular flexibility index (Phi) is 10.4. The summed E-state index contributed by atoms with van der Waals surface area (Å²) in [5.74, 6) is 0.274. The number of nitrogens with zero attached hydrogens (tertiary/aromatic N) is 1. The lowest BCUT2D eigenvalue weighted by molar-refractivity contribution is 0.0948. The third-order valence-electron chi connectivity index (χ3n) is 3.99. The van der Waals surface area contributed by atoms with E-state index in [1.54, 1.807) is 0 Å². The van der Waals surface area contributed by atoms with Gasteiger partial charge in [-0.15, -0.1) is 0 Å². The summed E-state index contributed by atoms with van der Waals surface area (Å²) in [6, 6.07) is -0.228. The molecule has 1 amide bonds. The van der Waals surface area contributed by atoms with Crippen LogP contribution in [-0.2, 0) is 0 Å². The molecular weight excluding hydrogens is 290 g/mol. The van der Waals surface area contributed by atoms with Crippen LogP contribution < -0.4 is 11.1 Å². The highest BCUT2D eigenvalue weighted by molar-refractivity contribution is 5.91. The van der Waals surface area contributed by atoms with Gasteiger partial charge in [-0.1, -0.05) is 65.2 Å². The van der Waals surface area contributed by atoms with Gasteiger partial charge in [0.2, 0.25) is 5.89 Å². The number of nitrogens with two attached hydrogens (primary N) is 1. The molecule has 0 radical (unpaired) electrons. The Hall–Kier alpha value is -1.36. The van der Waals surface area contributed by atoms with Crippen LogP contribution in [-0.4, -0.2) is 17.4 Å². The predicted molar refractivity (Wildman–Crippen MR) is 93.3 cm³/mol. The summed E-state index contributed by atoms with van der Waals surface area (Å²) < 4.78 is 5.29. The zero-order valence-corrected chi connectivity index (χ0v) is 14.8. The van der Waals surface area contributed by atoms with E-state index in [1.807, 2.05) is 0 Å². The number of amides is 1. The van der Waals surface area contributed by atoms with E-state index >= 15 is 0 Å². The van der Waals surface area contributed by atoms with Crippen molar-refractivity contribution in [1.82, 2.24) is 10.3 Å². The van der Waals surface area contributed by atoms with Crippen LogP contribution in [0.25, 0.3) is 0 Å². The molecule has 1 unspecified atom stereocenters. The summed E-state index contributed by atoms with van der Waals surface area (Å²) in [7, 11) is 0. The van der Waals surface area contributed by atoms with Gasteiger partial charge in [-0.3, -0.25) is 4.79 Å². The van der Waals surface area contributed by atoms with Crippen LogP contribution in [0.1, 0.15) is 100 Å². The quantitative estimate of drug-likeness (QED) is 0.529. The molecule has 1 aromatic heterocycles. The van der Waals surface area contributed by atoms with Crippen LogP contribution in [0.2, 0.25) is 0 Å². The number of carbonyl (C=O) groups is 1. The number of oxazole rings is 1. The van der Waals surface area contributed by atoms with Gasteiger partial charge in [0, 0.05) is 6.54 Å². The molecule has 1 atom stereocenters. The van der Waals surface area contributed by atoms with E-state index in [2.05, 4.69) is 24.1 Å². The number of aromatic nitrogens is 1. The van der Waals surface area contributed by atoms with Gasteiger partial charge >= 0.3 is 0 Å². The van der Waals surface area contributed by atoms with Crippen LogP contribution in [0.3, 0.4) is 0 Å². The van der Waals surface area contributed by atoms with E-state index in [-0.39, 0.29) is 11.9 Å². The second-order valence-electron chi connectivity index (χ2n) is 6.20. The maximum Gasteiger partial charge on any atom is 0.273 e. The largest absolute Gasteiger partial charge is 0.446 e. The normalized spacial score (nSPS) is 12.3. The molecule has 0 saturated heterocycles. The lowest BCUT2D eigenvalue weighted by Gasteiger charge is -2.04. The summed E-state index contributed by atoms with van der Waals surface area (Å²) in [5.41, 5.74) is 6.25. The van der Waals surface area contributed by atoms with E-state index in [0.29, 0.717) is 18.1 Å². The summed E-state index contributed by atoms with van der Waals surface area (Å²) in [6.45, 7) is 4.98. The van der Waals surface area contributed by atoms with Crippen molar-refractivity contribution in [3.8, 4) is 0 Å². The third kappa shape index (κ3) is 8.16. The molecule has 0 saturated carbocycles. The first-order chi connectivity index (χ1) is 11.2. The van der Waals surface area contributed by atoms with E-state index in [1.165, 1.54) is 44.8 Å². The highest BCUT2D eigenvalue weighted by Gasteiger charge is 2.15. The van der Waals surface area contributed by atoms with Gasteiger partial charge in [0.05, 0.1) is 6.04 Å². The molecule has 0 aliphatic rings. The van der Waals surface area contributed by atoms with Crippen molar-refractivity contribution in [1.29, 1.82) is 0 Å². The van der Waals surface area contributed by atoms with Crippen molar-refractivity contribution in [2.24, 2.45) is 5.73 Å². The molecule has 0 spiro atoms. The van der Waals surface area contributed by atoms with Gasteiger partial charge in [0.15, 0.2) is 5.69 Å². The minimum atomic E-state index is -0.228. The van der Waals surface area contributed by atoms with Crippen molar-refractivity contribution in [3.05, 3.63) is 17.8 Å².